The average molecular weight is 507 g/mol. The van der Waals surface area contributed by atoms with Gasteiger partial charge in [0.15, 0.2) is 0 Å². The maximum atomic E-state index is 13.5. The van der Waals surface area contributed by atoms with Gasteiger partial charge in [0, 0.05) is 29.2 Å². The fourth-order valence-corrected chi connectivity index (χ4v) is 6.32. The maximum absolute atomic E-state index is 13.5. The smallest absolute Gasteiger partial charge is 0.277 e. The summed E-state index contributed by atoms with van der Waals surface area (Å²) in [7, 11) is 0. The second kappa shape index (κ2) is 8.59. The van der Waals surface area contributed by atoms with Gasteiger partial charge in [0.25, 0.3) is 5.91 Å². The molecule has 4 aliphatic rings. The van der Waals surface area contributed by atoms with E-state index in [0.717, 1.165) is 46.5 Å². The van der Waals surface area contributed by atoms with Crippen molar-refractivity contribution in [1.29, 1.82) is 0 Å². The van der Waals surface area contributed by atoms with E-state index in [-0.39, 0.29) is 30.2 Å². The number of nitrogens with one attached hydrogen (secondary N) is 2. The van der Waals surface area contributed by atoms with Gasteiger partial charge in [-0.25, -0.2) is 15.0 Å². The van der Waals surface area contributed by atoms with Crippen LogP contribution in [0, 0.1) is 0 Å². The largest absolute Gasteiger partial charge is 0.394 e. The summed E-state index contributed by atoms with van der Waals surface area (Å²) in [4.78, 5) is 41.1. The fourth-order valence-electron chi connectivity index (χ4n) is 6.32. The third kappa shape index (κ3) is 3.46. The molecule has 0 bridgehead atoms. The lowest BCUT2D eigenvalue weighted by atomic mass is 9.79. The van der Waals surface area contributed by atoms with E-state index in [1.807, 2.05) is 30.3 Å². The highest BCUT2D eigenvalue weighted by molar-refractivity contribution is 6.06. The summed E-state index contributed by atoms with van der Waals surface area (Å²) in [6.45, 7) is -0.0993. The van der Waals surface area contributed by atoms with E-state index in [9.17, 15) is 14.7 Å². The number of carbonyl (C=O) groups excluding carboxylic acids is 2. The van der Waals surface area contributed by atoms with Gasteiger partial charge in [-0.3, -0.25) is 9.59 Å². The molecule has 2 atom stereocenters. The predicted molar refractivity (Wildman–Crippen MR) is 141 cm³/mol. The van der Waals surface area contributed by atoms with Crippen LogP contribution in [0.4, 0.5) is 17.3 Å². The molecule has 0 radical (unpaired) electrons. The van der Waals surface area contributed by atoms with Gasteiger partial charge in [-0.2, -0.15) is 0 Å². The molecule has 9 nitrogen and oxygen atoms in total. The Labute approximate surface area is 219 Å². The number of allylic oxidation sites excluding steroid dienone is 3. The molecule has 2 amide bonds. The molecule has 2 aliphatic heterocycles. The fraction of sp³-hybridized carbons (Fsp3) is 0.276. The number of hydrogen-bond donors (Lipinski definition) is 3. The standard InChI is InChI=1S/C29H26N6O3/c36-15-21-11-17-4-1-2-6-24(17)35(21)27(37)23-12-25(32-16-31-23)33-20-8-7-18-13-29(14-19(18)10-20)22-5-3-9-30-26(22)34-28(29)38/h1,3-5,7-10,12,16,21,36H,2,6,11,13-15H2,(H,30,34,38)(H,31,32,33). The molecule has 0 fully saturated rings. The number of aliphatic hydroxyl groups is 1. The highest BCUT2D eigenvalue weighted by Gasteiger charge is 2.51. The van der Waals surface area contributed by atoms with Crippen LogP contribution in [0.15, 0.2) is 72.3 Å². The van der Waals surface area contributed by atoms with Crippen LogP contribution in [0.2, 0.25) is 0 Å². The summed E-state index contributed by atoms with van der Waals surface area (Å²) in [6, 6.07) is 11.3. The van der Waals surface area contributed by atoms with Crippen LogP contribution in [0.1, 0.15) is 46.4 Å². The Kier molecular flexibility index (Phi) is 5.16. The molecule has 190 valence electrons. The maximum Gasteiger partial charge on any atom is 0.277 e. The molecule has 38 heavy (non-hydrogen) atoms. The van der Waals surface area contributed by atoms with Gasteiger partial charge >= 0.3 is 0 Å². The number of nitrogens with zero attached hydrogens (tertiary/aromatic N) is 4. The minimum atomic E-state index is -0.625. The van der Waals surface area contributed by atoms with Gasteiger partial charge in [-0.15, -0.1) is 0 Å². The van der Waals surface area contributed by atoms with E-state index >= 15 is 0 Å². The Balaban J connectivity index is 1.13. The lowest BCUT2D eigenvalue weighted by Gasteiger charge is -2.26. The molecule has 9 heteroatoms. The van der Waals surface area contributed by atoms with Crippen LogP contribution in [-0.4, -0.2) is 49.4 Å². The molecule has 1 aromatic carbocycles. The zero-order chi connectivity index (χ0) is 25.9. The number of benzene rings is 1. The van der Waals surface area contributed by atoms with Crippen molar-refractivity contribution in [2.24, 2.45) is 0 Å². The van der Waals surface area contributed by atoms with Crippen LogP contribution in [0.5, 0.6) is 0 Å². The van der Waals surface area contributed by atoms with Crippen LogP contribution < -0.4 is 10.6 Å². The van der Waals surface area contributed by atoms with Gasteiger partial charge in [0.2, 0.25) is 5.91 Å². The van der Waals surface area contributed by atoms with Gasteiger partial charge in [-0.05, 0) is 67.0 Å². The Morgan fingerprint density at radius 2 is 2.05 bits per heavy atom. The Morgan fingerprint density at radius 3 is 2.95 bits per heavy atom. The lowest BCUT2D eigenvalue weighted by Crippen LogP contribution is -2.38. The Bertz CT molecular complexity index is 1560. The molecule has 2 aliphatic carbocycles. The number of hydrogen-bond acceptors (Lipinski definition) is 7. The highest BCUT2D eigenvalue weighted by Crippen LogP contribution is 2.47. The van der Waals surface area contributed by atoms with Crippen molar-refractivity contribution >= 4 is 29.1 Å². The summed E-state index contributed by atoms with van der Waals surface area (Å²) in [5.74, 6) is 0.910. The predicted octanol–water partition coefficient (Wildman–Crippen LogP) is 3.41. The molecule has 3 N–H and O–H groups in total. The van der Waals surface area contributed by atoms with Crippen molar-refractivity contribution in [3.05, 3.63) is 94.7 Å². The molecular formula is C29H26N6O3. The number of pyridine rings is 1. The zero-order valence-corrected chi connectivity index (χ0v) is 20.6. The van der Waals surface area contributed by atoms with E-state index in [1.165, 1.54) is 6.33 Å². The first kappa shape index (κ1) is 22.8. The molecule has 0 saturated carbocycles. The molecule has 2 unspecified atom stereocenters. The van der Waals surface area contributed by atoms with Crippen LogP contribution in [-0.2, 0) is 23.1 Å². The number of aromatic nitrogens is 3. The molecule has 0 saturated heterocycles. The number of amides is 2. The molecule has 1 spiro atoms. The minimum absolute atomic E-state index is 0.00862. The Morgan fingerprint density at radius 1 is 1.16 bits per heavy atom. The summed E-state index contributed by atoms with van der Waals surface area (Å²) in [5, 5.41) is 16.2. The first-order valence-corrected chi connectivity index (χ1v) is 12.9. The number of rotatable bonds is 4. The van der Waals surface area contributed by atoms with Gasteiger partial charge in [-0.1, -0.05) is 24.3 Å². The number of fused-ring (bicyclic) bond motifs is 3. The first-order chi connectivity index (χ1) is 18.6. The number of carbonyl (C=O) groups is 2. The van der Waals surface area contributed by atoms with E-state index in [2.05, 4.69) is 37.7 Å². The van der Waals surface area contributed by atoms with E-state index in [1.54, 1.807) is 17.2 Å². The first-order valence-electron chi connectivity index (χ1n) is 12.9. The van der Waals surface area contributed by atoms with E-state index in [0.29, 0.717) is 30.9 Å². The summed E-state index contributed by atoms with van der Waals surface area (Å²) in [5.41, 5.74) is 5.74. The van der Waals surface area contributed by atoms with Crippen molar-refractivity contribution in [3.8, 4) is 0 Å². The van der Waals surface area contributed by atoms with Crippen LogP contribution in [0.25, 0.3) is 0 Å². The molecule has 7 rings (SSSR count). The van der Waals surface area contributed by atoms with Crippen LogP contribution in [0.3, 0.4) is 0 Å². The van der Waals surface area contributed by atoms with Crippen molar-refractivity contribution in [2.45, 2.75) is 43.6 Å². The quantitative estimate of drug-likeness (QED) is 0.496. The molecule has 2 aromatic heterocycles. The molecule has 3 aromatic rings. The number of anilines is 3. The van der Waals surface area contributed by atoms with Gasteiger partial charge in [0.05, 0.1) is 18.1 Å². The monoisotopic (exact) mass is 506 g/mol. The summed E-state index contributed by atoms with van der Waals surface area (Å²) in [6.07, 6.45) is 10.8. The van der Waals surface area contributed by atoms with Crippen LogP contribution >= 0.6 is 0 Å². The molecule has 4 heterocycles. The highest BCUT2D eigenvalue weighted by atomic mass is 16.3. The summed E-state index contributed by atoms with van der Waals surface area (Å²) < 4.78 is 0. The van der Waals surface area contributed by atoms with Crippen molar-refractivity contribution < 1.29 is 14.7 Å². The summed E-state index contributed by atoms with van der Waals surface area (Å²) >= 11 is 0. The number of aliphatic hydroxyl groups excluding tert-OH is 1. The average Bonchev–Trinajstić information content (AvgIpc) is 3.59. The third-order valence-electron chi connectivity index (χ3n) is 8.12. The van der Waals surface area contributed by atoms with E-state index < -0.39 is 5.41 Å². The molecular weight excluding hydrogens is 480 g/mol. The van der Waals surface area contributed by atoms with Crippen molar-refractivity contribution in [3.63, 3.8) is 0 Å². The minimum Gasteiger partial charge on any atom is -0.394 e. The Hall–Kier alpha value is -4.37. The van der Waals surface area contributed by atoms with Crippen molar-refractivity contribution in [2.75, 3.05) is 17.2 Å². The second-order valence-electron chi connectivity index (χ2n) is 10.3. The third-order valence-corrected chi connectivity index (χ3v) is 8.12. The van der Waals surface area contributed by atoms with Gasteiger partial charge in [0.1, 0.15) is 23.7 Å². The second-order valence-corrected chi connectivity index (χ2v) is 10.3. The normalized spacial score (nSPS) is 22.9. The van der Waals surface area contributed by atoms with Gasteiger partial charge < -0.3 is 20.6 Å². The lowest BCUT2D eigenvalue weighted by molar-refractivity contribution is -0.120. The topological polar surface area (TPSA) is 120 Å². The van der Waals surface area contributed by atoms with E-state index in [4.69, 9.17) is 0 Å². The zero-order valence-electron chi connectivity index (χ0n) is 20.6. The SMILES string of the molecule is O=C(c1cc(Nc2ccc3c(c2)CC2(C3)C(=O)Nc3ncccc32)ncn1)N1C2=C(C=CCC2)CC1CO. The van der Waals surface area contributed by atoms with Crippen molar-refractivity contribution in [1.82, 2.24) is 19.9 Å².